The number of thioether (sulfide) groups is 1. The molecule has 1 aliphatic rings. The molecule has 2 amide bonds. The van der Waals surface area contributed by atoms with Crippen LogP contribution in [0.1, 0.15) is 15.2 Å². The van der Waals surface area contributed by atoms with Crippen LogP contribution in [0.25, 0.3) is 5.57 Å². The minimum absolute atomic E-state index is 0.0659. The van der Waals surface area contributed by atoms with Crippen LogP contribution in [0.4, 0.5) is 16.0 Å². The maximum Gasteiger partial charge on any atom is 0.335 e. The number of anilines is 3. The number of hydrogen-bond donors (Lipinski definition) is 4. The van der Waals surface area contributed by atoms with Crippen molar-refractivity contribution < 1.29 is 24.6 Å². The average Bonchev–Trinajstić information content (AvgIpc) is 3.54. The molecule has 1 aliphatic heterocycles. The molecule has 2 aromatic heterocycles. The van der Waals surface area contributed by atoms with Gasteiger partial charge in [0.15, 0.2) is 9.47 Å². The topological polar surface area (TPSA) is 167 Å². The van der Waals surface area contributed by atoms with Gasteiger partial charge < -0.3 is 20.8 Å². The van der Waals surface area contributed by atoms with Gasteiger partial charge in [0.1, 0.15) is 4.88 Å². The van der Waals surface area contributed by atoms with Gasteiger partial charge in [-0.2, -0.15) is 4.98 Å². The molecule has 0 radical (unpaired) electrons. The molecule has 3 heterocycles. The van der Waals surface area contributed by atoms with Gasteiger partial charge in [-0.05, 0) is 42.5 Å². The fraction of sp³-hybridized carbons (Fsp3) is 0.0455. The molecule has 2 aromatic carbocycles. The molecule has 186 valence electrons. The standard InChI is InChI=1S/C22H13BrN6O5S3/c23-10-3-6-13-12(7-10)15(17(31)25-13)16-18(32)26-20(36-16)27-21-28-29-22(37-21)35-8-14(30)24-11-4-1-9(2-5-11)19(33)34/h1-7,32H,8H2,(H,24,30)(H,33,34)(H,26,27,28). The summed E-state index contributed by atoms with van der Waals surface area (Å²) in [5, 5.41) is 34.9. The van der Waals surface area contributed by atoms with Crippen molar-refractivity contribution in [2.24, 2.45) is 4.99 Å². The number of nitrogens with zero attached hydrogens (tertiary/aromatic N) is 4. The maximum absolute atomic E-state index is 12.5. The molecule has 37 heavy (non-hydrogen) atoms. The largest absolute Gasteiger partial charge is 0.492 e. The van der Waals surface area contributed by atoms with Gasteiger partial charge in [-0.25, -0.2) is 9.79 Å². The molecule has 0 bridgehead atoms. The lowest BCUT2D eigenvalue weighted by Crippen LogP contribution is -2.22. The van der Waals surface area contributed by atoms with Crippen molar-refractivity contribution in [3.8, 4) is 5.88 Å². The number of aromatic hydroxyl groups is 1. The van der Waals surface area contributed by atoms with Gasteiger partial charge >= 0.3 is 5.97 Å². The Hall–Kier alpha value is -3.66. The third-order valence-corrected chi connectivity index (χ3v) is 8.31. The smallest absolute Gasteiger partial charge is 0.335 e. The number of aromatic nitrogens is 3. The van der Waals surface area contributed by atoms with Gasteiger partial charge in [-0.1, -0.05) is 50.4 Å². The first kappa shape index (κ1) is 25.0. The predicted molar refractivity (Wildman–Crippen MR) is 142 cm³/mol. The Balaban J connectivity index is 1.23. The first-order valence-electron chi connectivity index (χ1n) is 10.3. The zero-order valence-corrected chi connectivity index (χ0v) is 22.3. The number of fused-ring (bicyclic) bond motifs is 1. The number of thiazole rings is 1. The Bertz CT molecular complexity index is 1690. The summed E-state index contributed by atoms with van der Waals surface area (Å²) >= 11 is 6.84. The Kier molecular flexibility index (Phi) is 7.01. The first-order valence-corrected chi connectivity index (χ1v) is 13.7. The second-order valence-corrected chi connectivity index (χ2v) is 11.5. The number of hydrogen-bond acceptors (Lipinski definition) is 11. The van der Waals surface area contributed by atoms with Gasteiger partial charge in [0.25, 0.3) is 5.91 Å². The fourth-order valence-electron chi connectivity index (χ4n) is 3.26. The van der Waals surface area contributed by atoms with Gasteiger partial charge in [0.05, 0.1) is 22.2 Å². The number of nitrogens with one attached hydrogen (secondary N) is 2. The highest BCUT2D eigenvalue weighted by Gasteiger charge is 2.25. The number of carbonyl (C=O) groups is 3. The number of aromatic carboxylic acids is 1. The molecule has 11 nitrogen and oxygen atoms in total. The number of halogens is 1. The molecule has 0 unspecified atom stereocenters. The molecule has 0 saturated carbocycles. The van der Waals surface area contributed by atoms with E-state index in [1.165, 1.54) is 47.4 Å². The normalized spacial score (nSPS) is 12.2. The summed E-state index contributed by atoms with van der Waals surface area (Å²) in [6.07, 6.45) is 0. The minimum Gasteiger partial charge on any atom is -0.492 e. The number of rotatable bonds is 8. The summed E-state index contributed by atoms with van der Waals surface area (Å²) in [6.45, 7) is 0. The predicted octanol–water partition coefficient (Wildman–Crippen LogP) is 2.99. The fourth-order valence-corrected chi connectivity index (χ4v) is 6.15. The number of amides is 2. The first-order chi connectivity index (χ1) is 17.8. The van der Waals surface area contributed by atoms with Crippen LogP contribution in [0.3, 0.4) is 0 Å². The second kappa shape index (κ2) is 10.4. The molecule has 0 fully saturated rings. The lowest BCUT2D eigenvalue weighted by molar-refractivity contribution is -0.114. The van der Waals surface area contributed by atoms with Crippen LogP contribution >= 0.6 is 50.4 Å². The molecular formula is C22H13BrN6O5S3. The third kappa shape index (κ3) is 5.53. The Morgan fingerprint density at radius 2 is 1.84 bits per heavy atom. The van der Waals surface area contributed by atoms with Crippen molar-refractivity contribution in [2.75, 3.05) is 16.4 Å². The van der Waals surface area contributed by atoms with Gasteiger partial charge in [0, 0.05) is 15.4 Å². The zero-order chi connectivity index (χ0) is 26.1. The van der Waals surface area contributed by atoms with E-state index in [1.807, 2.05) is 0 Å². The summed E-state index contributed by atoms with van der Waals surface area (Å²) < 4.78 is 1.30. The molecule has 0 atom stereocenters. The second-order valence-electron chi connectivity index (χ2n) is 7.34. The quantitative estimate of drug-likeness (QED) is 0.216. The molecular weight excluding hydrogens is 604 g/mol. The highest BCUT2D eigenvalue weighted by molar-refractivity contribution is 9.10. The molecule has 4 N–H and O–H groups in total. The minimum atomic E-state index is -1.04. The van der Waals surface area contributed by atoms with E-state index in [1.54, 1.807) is 18.2 Å². The van der Waals surface area contributed by atoms with Crippen molar-refractivity contribution in [2.45, 2.75) is 4.34 Å². The molecule has 0 saturated heterocycles. The lowest BCUT2D eigenvalue weighted by Gasteiger charge is -2.04. The zero-order valence-electron chi connectivity index (χ0n) is 18.3. The van der Waals surface area contributed by atoms with Crippen LogP contribution in [0.5, 0.6) is 5.88 Å². The van der Waals surface area contributed by atoms with E-state index in [4.69, 9.17) is 5.11 Å². The molecule has 5 rings (SSSR count). The van der Waals surface area contributed by atoms with Gasteiger partial charge in [0.2, 0.25) is 16.9 Å². The summed E-state index contributed by atoms with van der Waals surface area (Å²) in [7, 11) is 0. The van der Waals surface area contributed by atoms with Crippen LogP contribution in [-0.4, -0.2) is 48.9 Å². The number of carbonyl (C=O) groups excluding carboxylic acids is 2. The van der Waals surface area contributed by atoms with Crippen LogP contribution in [0.2, 0.25) is 0 Å². The molecule has 15 heteroatoms. The van der Waals surface area contributed by atoms with Crippen molar-refractivity contribution in [3.63, 3.8) is 0 Å². The molecule has 0 spiro atoms. The SMILES string of the molecule is O=C(CSc1nnc(Nc2nc(O)c(C3=c4cc(Br)ccc4=NC3=O)s2)s1)Nc1ccc(C(=O)O)cc1. The van der Waals surface area contributed by atoms with Crippen LogP contribution in [-0.2, 0) is 9.59 Å². The number of carboxylic acids is 1. The Morgan fingerprint density at radius 3 is 2.59 bits per heavy atom. The summed E-state index contributed by atoms with van der Waals surface area (Å²) in [5.41, 5.74) is 0.885. The van der Waals surface area contributed by atoms with Crippen molar-refractivity contribution in [1.82, 2.24) is 15.2 Å². The number of carboxylic acid groups (broad SMARTS) is 1. The summed E-state index contributed by atoms with van der Waals surface area (Å²) in [5.74, 6) is -2.02. The molecule has 4 aromatic rings. The van der Waals surface area contributed by atoms with Crippen molar-refractivity contribution in [1.29, 1.82) is 0 Å². The van der Waals surface area contributed by atoms with E-state index < -0.39 is 11.9 Å². The van der Waals surface area contributed by atoms with Gasteiger partial charge in [-0.3, -0.25) is 9.59 Å². The number of benzene rings is 2. The maximum atomic E-state index is 12.5. The lowest BCUT2D eigenvalue weighted by atomic mass is 10.1. The van der Waals surface area contributed by atoms with Crippen LogP contribution < -0.4 is 21.2 Å². The Labute approximate surface area is 228 Å². The third-order valence-electron chi connectivity index (χ3n) is 4.86. The highest BCUT2D eigenvalue weighted by Crippen LogP contribution is 2.36. The van der Waals surface area contributed by atoms with Crippen molar-refractivity contribution in [3.05, 3.63) is 68.0 Å². The Morgan fingerprint density at radius 1 is 1.05 bits per heavy atom. The van der Waals surface area contributed by atoms with E-state index >= 15 is 0 Å². The summed E-state index contributed by atoms with van der Waals surface area (Å²) in [6, 6.07) is 11.1. The monoisotopic (exact) mass is 616 g/mol. The van der Waals surface area contributed by atoms with Crippen LogP contribution in [0.15, 0.2) is 56.3 Å². The van der Waals surface area contributed by atoms with E-state index in [0.717, 1.165) is 15.8 Å². The molecule has 0 aliphatic carbocycles. The van der Waals surface area contributed by atoms with E-state index in [0.29, 0.717) is 35.7 Å². The average molecular weight is 617 g/mol. The van der Waals surface area contributed by atoms with Crippen molar-refractivity contribution >= 4 is 89.7 Å². The van der Waals surface area contributed by atoms with E-state index in [2.05, 4.69) is 46.7 Å². The van der Waals surface area contributed by atoms with Crippen LogP contribution in [0, 0.1) is 0 Å². The highest BCUT2D eigenvalue weighted by atomic mass is 79.9. The summed E-state index contributed by atoms with van der Waals surface area (Å²) in [4.78, 5) is 44.1. The van der Waals surface area contributed by atoms with E-state index in [-0.39, 0.29) is 28.7 Å². The van der Waals surface area contributed by atoms with Gasteiger partial charge in [-0.15, -0.1) is 10.2 Å². The van der Waals surface area contributed by atoms with E-state index in [9.17, 15) is 19.5 Å².